The monoisotopic (exact) mass is 501 g/mol. The van der Waals surface area contributed by atoms with Crippen LogP contribution in [0.25, 0.3) is 22.3 Å². The molecule has 1 amide bonds. The number of sulfonamides is 1. The molecule has 0 bridgehead atoms. The predicted molar refractivity (Wildman–Crippen MR) is 128 cm³/mol. The van der Waals surface area contributed by atoms with Crippen LogP contribution in [0, 0.1) is 0 Å². The first kappa shape index (κ1) is 23.5. The number of hydrogen-bond acceptors (Lipinski definition) is 9. The molecule has 2 saturated heterocycles. The third-order valence-corrected chi connectivity index (χ3v) is 7.55. The molecule has 4 heterocycles. The number of piperazine rings is 1. The standard InChI is InChI=1S/C22H27N7O5S/c1-35(32,33)28-7-5-26(6-8-28)19(31)15-29-21-18(14-23-29)20(16-3-2-4-17(30)13-16)24-22(25-21)27-9-11-34-12-10-27/h2-4,13-14,30H,5-12,15H2,1H3. The number of phenolic OH excluding ortho intramolecular Hbond substituents is 1. The average Bonchev–Trinajstić information content (AvgIpc) is 3.26. The van der Waals surface area contributed by atoms with Crippen LogP contribution in [0.2, 0.25) is 0 Å². The van der Waals surface area contributed by atoms with Crippen LogP contribution in [0.4, 0.5) is 5.95 Å². The summed E-state index contributed by atoms with van der Waals surface area (Å²) in [6.45, 7) is 3.60. The summed E-state index contributed by atoms with van der Waals surface area (Å²) >= 11 is 0. The van der Waals surface area contributed by atoms with Gasteiger partial charge in [-0.2, -0.15) is 14.4 Å². The summed E-state index contributed by atoms with van der Waals surface area (Å²) in [4.78, 5) is 26.3. The van der Waals surface area contributed by atoms with E-state index in [4.69, 9.17) is 14.7 Å². The van der Waals surface area contributed by atoms with Crippen LogP contribution in [0.15, 0.2) is 30.5 Å². The highest BCUT2D eigenvalue weighted by Crippen LogP contribution is 2.30. The maximum atomic E-state index is 13.0. The van der Waals surface area contributed by atoms with E-state index in [1.165, 1.54) is 10.6 Å². The van der Waals surface area contributed by atoms with Gasteiger partial charge >= 0.3 is 0 Å². The Kier molecular flexibility index (Phi) is 6.30. The summed E-state index contributed by atoms with van der Waals surface area (Å²) in [6, 6.07) is 6.83. The number of nitrogens with zero attached hydrogens (tertiary/aromatic N) is 7. The van der Waals surface area contributed by atoms with Crippen molar-refractivity contribution in [1.29, 1.82) is 0 Å². The average molecular weight is 502 g/mol. The number of fused-ring (bicyclic) bond motifs is 1. The summed E-state index contributed by atoms with van der Waals surface area (Å²) in [5.74, 6) is 0.474. The van der Waals surface area contributed by atoms with Gasteiger partial charge in [-0.15, -0.1) is 0 Å². The quantitative estimate of drug-likeness (QED) is 0.518. The fourth-order valence-electron chi connectivity index (χ4n) is 4.33. The SMILES string of the molecule is CS(=O)(=O)N1CCN(C(=O)Cn2ncc3c(-c4cccc(O)c4)nc(N4CCOCC4)nc32)CC1. The summed E-state index contributed by atoms with van der Waals surface area (Å²) in [7, 11) is -3.27. The topological polar surface area (TPSA) is 134 Å². The van der Waals surface area contributed by atoms with Crippen LogP contribution < -0.4 is 4.90 Å². The number of carbonyl (C=O) groups excluding carboxylic acids is 1. The lowest BCUT2D eigenvalue weighted by molar-refractivity contribution is -0.133. The number of anilines is 1. The zero-order chi connectivity index (χ0) is 24.6. The number of amides is 1. The van der Waals surface area contributed by atoms with Crippen LogP contribution in [0.1, 0.15) is 0 Å². The Bertz CT molecular complexity index is 1350. The van der Waals surface area contributed by atoms with E-state index in [-0.39, 0.29) is 31.3 Å². The smallest absolute Gasteiger partial charge is 0.244 e. The normalized spacial score (nSPS) is 17.7. The predicted octanol–water partition coefficient (Wildman–Crippen LogP) is 0.139. The minimum atomic E-state index is -3.27. The second-order valence-corrected chi connectivity index (χ2v) is 10.6. The lowest BCUT2D eigenvalue weighted by Crippen LogP contribution is -2.51. The molecule has 1 N–H and O–H groups in total. The Hall–Kier alpha value is -3.29. The van der Waals surface area contributed by atoms with Crippen molar-refractivity contribution < 1.29 is 23.1 Å². The number of rotatable bonds is 5. The summed E-state index contributed by atoms with van der Waals surface area (Å²) in [5, 5.41) is 15.1. The molecular formula is C22H27N7O5S. The fourth-order valence-corrected chi connectivity index (χ4v) is 5.16. The first-order valence-electron chi connectivity index (χ1n) is 11.4. The first-order valence-corrected chi connectivity index (χ1v) is 13.2. The molecule has 2 aromatic heterocycles. The van der Waals surface area contributed by atoms with Crippen molar-refractivity contribution in [1.82, 2.24) is 29.0 Å². The zero-order valence-electron chi connectivity index (χ0n) is 19.4. The van der Waals surface area contributed by atoms with Gasteiger partial charge in [0.05, 0.1) is 36.7 Å². The van der Waals surface area contributed by atoms with Crippen molar-refractivity contribution >= 4 is 32.9 Å². The maximum absolute atomic E-state index is 13.0. The number of benzene rings is 1. The van der Waals surface area contributed by atoms with Gasteiger partial charge in [0.2, 0.25) is 21.9 Å². The van der Waals surface area contributed by atoms with Crippen LogP contribution in [0.3, 0.4) is 0 Å². The van der Waals surface area contributed by atoms with E-state index >= 15 is 0 Å². The van der Waals surface area contributed by atoms with Crippen LogP contribution in [0.5, 0.6) is 5.75 Å². The third kappa shape index (κ3) is 4.92. The van der Waals surface area contributed by atoms with Gasteiger partial charge in [-0.05, 0) is 12.1 Å². The highest BCUT2D eigenvalue weighted by atomic mass is 32.2. The van der Waals surface area contributed by atoms with Gasteiger partial charge in [-0.1, -0.05) is 12.1 Å². The van der Waals surface area contributed by atoms with Crippen molar-refractivity contribution in [3.05, 3.63) is 30.5 Å². The second kappa shape index (κ2) is 9.40. The molecule has 186 valence electrons. The van der Waals surface area contributed by atoms with Gasteiger partial charge in [0.25, 0.3) is 0 Å². The molecule has 5 rings (SSSR count). The number of aromatic hydroxyl groups is 1. The molecule has 0 saturated carbocycles. The van der Waals surface area contributed by atoms with E-state index in [1.54, 1.807) is 34.0 Å². The Morgan fingerprint density at radius 2 is 1.83 bits per heavy atom. The minimum Gasteiger partial charge on any atom is -0.508 e. The van der Waals surface area contributed by atoms with Crippen molar-refractivity contribution in [3.8, 4) is 17.0 Å². The lowest BCUT2D eigenvalue weighted by atomic mass is 10.1. The van der Waals surface area contributed by atoms with Gasteiger partial charge in [0.15, 0.2) is 5.65 Å². The maximum Gasteiger partial charge on any atom is 0.244 e. The molecule has 0 atom stereocenters. The highest BCUT2D eigenvalue weighted by molar-refractivity contribution is 7.88. The molecule has 2 fully saturated rings. The van der Waals surface area contributed by atoms with Crippen molar-refractivity contribution in [2.75, 3.05) is 63.6 Å². The van der Waals surface area contributed by atoms with Crippen molar-refractivity contribution in [3.63, 3.8) is 0 Å². The molecule has 13 heteroatoms. The third-order valence-electron chi connectivity index (χ3n) is 6.24. The molecule has 3 aromatic rings. The van der Waals surface area contributed by atoms with E-state index in [2.05, 4.69) is 5.10 Å². The highest BCUT2D eigenvalue weighted by Gasteiger charge is 2.27. The number of carbonyl (C=O) groups is 1. The van der Waals surface area contributed by atoms with Crippen LogP contribution in [-0.4, -0.2) is 107 Å². The van der Waals surface area contributed by atoms with E-state index in [0.717, 1.165) is 5.56 Å². The number of ether oxygens (including phenoxy) is 1. The van der Waals surface area contributed by atoms with E-state index in [1.807, 2.05) is 11.0 Å². The molecule has 0 radical (unpaired) electrons. The number of aromatic nitrogens is 4. The molecular weight excluding hydrogens is 474 g/mol. The summed E-state index contributed by atoms with van der Waals surface area (Å²) in [5.41, 5.74) is 1.85. The number of morpholine rings is 1. The Balaban J connectivity index is 1.46. The molecule has 2 aliphatic rings. The summed E-state index contributed by atoms with van der Waals surface area (Å²) in [6.07, 6.45) is 2.81. The Labute approximate surface area is 202 Å². The Morgan fingerprint density at radius 3 is 2.51 bits per heavy atom. The lowest BCUT2D eigenvalue weighted by Gasteiger charge is -2.33. The zero-order valence-corrected chi connectivity index (χ0v) is 20.2. The molecule has 0 spiro atoms. The fraction of sp³-hybridized carbons (Fsp3) is 0.455. The summed E-state index contributed by atoms with van der Waals surface area (Å²) < 4.78 is 31.9. The van der Waals surface area contributed by atoms with E-state index in [0.29, 0.717) is 62.1 Å². The molecule has 0 aliphatic carbocycles. The van der Waals surface area contributed by atoms with Gasteiger partial charge < -0.3 is 19.6 Å². The largest absolute Gasteiger partial charge is 0.508 e. The first-order chi connectivity index (χ1) is 16.8. The minimum absolute atomic E-state index is 0.0264. The second-order valence-electron chi connectivity index (χ2n) is 8.60. The van der Waals surface area contributed by atoms with Crippen molar-refractivity contribution in [2.45, 2.75) is 6.54 Å². The number of hydrogen-bond donors (Lipinski definition) is 1. The molecule has 1 aromatic carbocycles. The number of phenols is 1. The van der Waals surface area contributed by atoms with E-state index < -0.39 is 10.0 Å². The molecule has 35 heavy (non-hydrogen) atoms. The molecule has 2 aliphatic heterocycles. The van der Waals surface area contributed by atoms with Crippen LogP contribution in [-0.2, 0) is 26.1 Å². The van der Waals surface area contributed by atoms with Crippen molar-refractivity contribution in [2.24, 2.45) is 0 Å². The Morgan fingerprint density at radius 1 is 1.09 bits per heavy atom. The molecule has 0 unspecified atom stereocenters. The van der Waals surface area contributed by atoms with Gasteiger partial charge in [0.1, 0.15) is 12.3 Å². The van der Waals surface area contributed by atoms with Crippen LogP contribution >= 0.6 is 0 Å². The van der Waals surface area contributed by atoms with Gasteiger partial charge in [-0.25, -0.2) is 18.1 Å². The molecule has 12 nitrogen and oxygen atoms in total. The van der Waals surface area contributed by atoms with E-state index in [9.17, 15) is 18.3 Å². The van der Waals surface area contributed by atoms with Gasteiger partial charge in [-0.3, -0.25) is 4.79 Å². The van der Waals surface area contributed by atoms with Gasteiger partial charge in [0, 0.05) is 44.8 Å².